The number of amides is 2. The summed E-state index contributed by atoms with van der Waals surface area (Å²) < 4.78 is 5.85. The maximum Gasteiger partial charge on any atom is 0.407 e. The van der Waals surface area contributed by atoms with E-state index in [1.807, 2.05) is 0 Å². The monoisotopic (exact) mass is 296 g/mol. The Balaban J connectivity index is 2.92. The van der Waals surface area contributed by atoms with Crippen molar-refractivity contribution in [2.75, 3.05) is 12.4 Å². The Morgan fingerprint density at radius 1 is 1.43 bits per heavy atom. The van der Waals surface area contributed by atoms with Crippen molar-refractivity contribution in [3.8, 4) is 0 Å². The minimum Gasteiger partial charge on any atom is -0.453 e. The highest BCUT2D eigenvalue weighted by atomic mass is 16.5. The number of methoxy groups -OCH3 is 1. The van der Waals surface area contributed by atoms with E-state index in [-0.39, 0.29) is 17.2 Å². The van der Waals surface area contributed by atoms with Crippen molar-refractivity contribution in [1.29, 1.82) is 0 Å². The quantitative estimate of drug-likeness (QED) is 0.827. The van der Waals surface area contributed by atoms with E-state index in [0.717, 1.165) is 0 Å². The molecule has 0 saturated heterocycles. The van der Waals surface area contributed by atoms with Crippen molar-refractivity contribution >= 4 is 17.7 Å². The smallest absolute Gasteiger partial charge is 0.407 e. The van der Waals surface area contributed by atoms with Crippen LogP contribution in [0.1, 0.15) is 20.8 Å². The molecule has 116 valence electrons. The van der Waals surface area contributed by atoms with Gasteiger partial charge >= 0.3 is 6.09 Å². The second-order valence-corrected chi connectivity index (χ2v) is 4.75. The van der Waals surface area contributed by atoms with E-state index in [0.29, 0.717) is 6.54 Å². The van der Waals surface area contributed by atoms with E-state index in [9.17, 15) is 14.4 Å². The van der Waals surface area contributed by atoms with Gasteiger partial charge in [0.05, 0.1) is 19.6 Å². The predicted molar refractivity (Wildman–Crippen MR) is 77.0 cm³/mol. The maximum atomic E-state index is 12.2. The molecule has 1 aromatic rings. The third-order valence-electron chi connectivity index (χ3n) is 2.91. The Morgan fingerprint density at radius 3 is 2.62 bits per heavy atom. The van der Waals surface area contributed by atoms with Gasteiger partial charge in [-0.1, -0.05) is 13.8 Å². The number of rotatable bonds is 5. The zero-order valence-corrected chi connectivity index (χ0v) is 12.5. The van der Waals surface area contributed by atoms with Crippen LogP contribution in [0.5, 0.6) is 0 Å². The third-order valence-corrected chi connectivity index (χ3v) is 2.91. The first-order valence-corrected chi connectivity index (χ1v) is 6.60. The van der Waals surface area contributed by atoms with Crippen LogP contribution in [0.15, 0.2) is 17.3 Å². The molecular weight excluding hydrogens is 276 g/mol. The fourth-order valence-electron chi connectivity index (χ4n) is 1.69. The lowest BCUT2D eigenvalue weighted by molar-refractivity contribution is -0.119. The Morgan fingerprint density at radius 2 is 2.10 bits per heavy atom. The number of anilines is 1. The molecule has 0 spiro atoms. The first-order valence-electron chi connectivity index (χ1n) is 6.60. The second-order valence-electron chi connectivity index (χ2n) is 4.75. The molecule has 8 heteroatoms. The molecule has 0 aromatic carbocycles. The maximum absolute atomic E-state index is 12.2. The van der Waals surface area contributed by atoms with Crippen molar-refractivity contribution in [3.63, 3.8) is 0 Å². The van der Waals surface area contributed by atoms with Crippen molar-refractivity contribution in [3.05, 3.63) is 22.9 Å². The van der Waals surface area contributed by atoms with Crippen molar-refractivity contribution < 1.29 is 14.3 Å². The van der Waals surface area contributed by atoms with Crippen LogP contribution >= 0.6 is 0 Å². The number of alkyl carbamates (subject to hydrolysis) is 1. The van der Waals surface area contributed by atoms with Gasteiger partial charge in [0.15, 0.2) is 0 Å². The largest absolute Gasteiger partial charge is 0.453 e. The van der Waals surface area contributed by atoms with Crippen LogP contribution in [0.2, 0.25) is 0 Å². The molecule has 0 aliphatic rings. The lowest BCUT2D eigenvalue weighted by Crippen LogP contribution is -2.47. The van der Waals surface area contributed by atoms with Gasteiger partial charge in [-0.25, -0.2) is 9.78 Å². The normalized spacial score (nSPS) is 11.9. The Labute approximate surface area is 122 Å². The molecule has 1 aromatic heterocycles. The Bertz CT molecular complexity index is 568. The first kappa shape index (κ1) is 16.7. The highest BCUT2D eigenvalue weighted by molar-refractivity contribution is 5.96. The number of nitrogens with zero attached hydrogens (tertiary/aromatic N) is 2. The van der Waals surface area contributed by atoms with Gasteiger partial charge in [0, 0.05) is 6.54 Å². The third kappa shape index (κ3) is 4.30. The molecule has 0 radical (unpaired) electrons. The summed E-state index contributed by atoms with van der Waals surface area (Å²) >= 11 is 0. The summed E-state index contributed by atoms with van der Waals surface area (Å²) in [5.41, 5.74) is -0.275. The van der Waals surface area contributed by atoms with Gasteiger partial charge in [0.25, 0.3) is 5.56 Å². The van der Waals surface area contributed by atoms with Crippen LogP contribution in [0.4, 0.5) is 10.5 Å². The number of aromatic nitrogens is 2. The van der Waals surface area contributed by atoms with Gasteiger partial charge in [-0.05, 0) is 12.8 Å². The van der Waals surface area contributed by atoms with Crippen molar-refractivity contribution in [2.45, 2.75) is 33.4 Å². The molecule has 1 heterocycles. The van der Waals surface area contributed by atoms with Gasteiger partial charge < -0.3 is 15.4 Å². The number of hydrogen-bond acceptors (Lipinski definition) is 5. The molecule has 1 rings (SSSR count). The highest BCUT2D eigenvalue weighted by Crippen LogP contribution is 2.06. The molecule has 21 heavy (non-hydrogen) atoms. The second kappa shape index (κ2) is 7.41. The van der Waals surface area contributed by atoms with Gasteiger partial charge in [0.2, 0.25) is 5.91 Å². The van der Waals surface area contributed by atoms with Crippen LogP contribution in [0.3, 0.4) is 0 Å². The van der Waals surface area contributed by atoms with Gasteiger partial charge in [-0.2, -0.15) is 0 Å². The standard InChI is InChI=1S/C13H20N4O4/c1-5-17-7-14-6-9(12(17)19)15-11(18)10(8(2)3)16-13(20)21-4/h6-8,10H,5H2,1-4H3,(H,15,18)(H,16,20)/t10-/m0/s1. The Kier molecular flexibility index (Phi) is 5.89. The predicted octanol–water partition coefficient (Wildman–Crippen LogP) is 0.582. The molecule has 0 unspecified atom stereocenters. The lowest BCUT2D eigenvalue weighted by atomic mass is 10.0. The average molecular weight is 296 g/mol. The summed E-state index contributed by atoms with van der Waals surface area (Å²) in [5, 5.41) is 4.92. The molecule has 1 atom stereocenters. The number of nitrogens with one attached hydrogen (secondary N) is 2. The van der Waals surface area contributed by atoms with E-state index in [1.54, 1.807) is 20.8 Å². The first-order chi connectivity index (χ1) is 9.90. The molecule has 2 amide bonds. The zero-order chi connectivity index (χ0) is 16.0. The molecule has 0 bridgehead atoms. The minimum atomic E-state index is -0.813. The number of aryl methyl sites for hydroxylation is 1. The summed E-state index contributed by atoms with van der Waals surface area (Å²) in [6, 6.07) is -0.813. The van der Waals surface area contributed by atoms with E-state index in [4.69, 9.17) is 0 Å². The summed E-state index contributed by atoms with van der Waals surface area (Å²) in [6.07, 6.45) is 1.97. The summed E-state index contributed by atoms with van der Waals surface area (Å²) in [6.45, 7) is 5.79. The van der Waals surface area contributed by atoms with Crippen LogP contribution in [0.25, 0.3) is 0 Å². The van der Waals surface area contributed by atoms with Crippen LogP contribution in [-0.2, 0) is 16.1 Å². The topological polar surface area (TPSA) is 102 Å². The Hall–Kier alpha value is -2.38. The van der Waals surface area contributed by atoms with Gasteiger partial charge in [-0.3, -0.25) is 14.2 Å². The number of carbonyl (C=O) groups is 2. The molecule has 0 aliphatic heterocycles. The van der Waals surface area contributed by atoms with Gasteiger partial charge in [0.1, 0.15) is 11.7 Å². The van der Waals surface area contributed by atoms with Crippen molar-refractivity contribution in [2.24, 2.45) is 5.92 Å². The van der Waals surface area contributed by atoms with E-state index >= 15 is 0 Å². The summed E-state index contributed by atoms with van der Waals surface area (Å²) in [5.74, 6) is -0.669. The molecule has 8 nitrogen and oxygen atoms in total. The highest BCUT2D eigenvalue weighted by Gasteiger charge is 2.25. The molecule has 0 saturated carbocycles. The van der Waals surface area contributed by atoms with E-state index in [1.165, 1.54) is 24.2 Å². The fourth-order valence-corrected chi connectivity index (χ4v) is 1.69. The minimum absolute atomic E-state index is 0.0710. The fraction of sp³-hybridized carbons (Fsp3) is 0.538. The van der Waals surface area contributed by atoms with Crippen LogP contribution < -0.4 is 16.2 Å². The number of carbonyl (C=O) groups excluding carboxylic acids is 2. The summed E-state index contributed by atoms with van der Waals surface area (Å²) in [7, 11) is 1.21. The van der Waals surface area contributed by atoms with Gasteiger partial charge in [-0.15, -0.1) is 0 Å². The zero-order valence-electron chi connectivity index (χ0n) is 12.5. The molecule has 0 fully saturated rings. The summed E-state index contributed by atoms with van der Waals surface area (Å²) in [4.78, 5) is 39.3. The van der Waals surface area contributed by atoms with E-state index in [2.05, 4.69) is 20.4 Å². The molecule has 0 aliphatic carbocycles. The van der Waals surface area contributed by atoms with E-state index < -0.39 is 18.0 Å². The van der Waals surface area contributed by atoms with Crippen LogP contribution in [-0.4, -0.2) is 34.7 Å². The van der Waals surface area contributed by atoms with Crippen LogP contribution in [0, 0.1) is 5.92 Å². The lowest BCUT2D eigenvalue weighted by Gasteiger charge is -2.20. The average Bonchev–Trinajstić information content (AvgIpc) is 2.46. The number of ether oxygens (including phenoxy) is 1. The number of hydrogen-bond donors (Lipinski definition) is 2. The van der Waals surface area contributed by atoms with Crippen molar-refractivity contribution in [1.82, 2.24) is 14.9 Å². The molecular formula is C13H20N4O4. The SMILES string of the molecule is CCn1cncc(NC(=O)[C@@H](NC(=O)OC)C(C)C)c1=O. The molecule has 2 N–H and O–H groups in total.